The fraction of sp³-hybridized carbons (Fsp3) is 0.450. The molecule has 26 heavy (non-hydrogen) atoms. The van der Waals surface area contributed by atoms with E-state index in [-0.39, 0.29) is 23.6 Å². The van der Waals surface area contributed by atoms with E-state index in [2.05, 4.69) is 17.2 Å². The number of piperidine rings is 1. The lowest BCUT2D eigenvalue weighted by Gasteiger charge is -2.35. The van der Waals surface area contributed by atoms with Gasteiger partial charge in [-0.25, -0.2) is 0 Å². The number of carbonyl (C=O) groups excluding carboxylic acids is 3. The summed E-state index contributed by atoms with van der Waals surface area (Å²) in [6, 6.07) is 8.23. The van der Waals surface area contributed by atoms with Crippen LogP contribution in [0.25, 0.3) is 0 Å². The Hall–Kier alpha value is -2.63. The lowest BCUT2D eigenvalue weighted by Crippen LogP contribution is -2.53. The predicted octanol–water partition coefficient (Wildman–Crippen LogP) is 1.74. The van der Waals surface area contributed by atoms with Gasteiger partial charge in [-0.1, -0.05) is 31.2 Å². The molecule has 1 aromatic rings. The van der Waals surface area contributed by atoms with Gasteiger partial charge in [-0.15, -0.1) is 6.58 Å². The highest BCUT2D eigenvalue weighted by molar-refractivity contribution is 5.97. The van der Waals surface area contributed by atoms with Crippen molar-refractivity contribution in [3.63, 3.8) is 0 Å². The molecule has 1 saturated heterocycles. The van der Waals surface area contributed by atoms with Crippen molar-refractivity contribution in [1.82, 2.24) is 15.5 Å². The molecule has 1 aliphatic rings. The maximum absolute atomic E-state index is 12.6. The van der Waals surface area contributed by atoms with Gasteiger partial charge in [0.05, 0.1) is 0 Å². The van der Waals surface area contributed by atoms with Crippen LogP contribution in [-0.2, 0) is 9.59 Å². The summed E-state index contributed by atoms with van der Waals surface area (Å²) in [5.41, 5.74) is 0.521. The summed E-state index contributed by atoms with van der Waals surface area (Å²) in [5.74, 6) is -0.358. The summed E-state index contributed by atoms with van der Waals surface area (Å²) in [4.78, 5) is 38.8. The largest absolute Gasteiger partial charge is 0.351 e. The minimum absolute atomic E-state index is 0.00613. The van der Waals surface area contributed by atoms with Crippen LogP contribution < -0.4 is 10.6 Å². The number of carbonyl (C=O) groups is 3. The first-order valence-electron chi connectivity index (χ1n) is 9.09. The molecular formula is C20H27N3O3. The van der Waals surface area contributed by atoms with Crippen molar-refractivity contribution in [1.29, 1.82) is 0 Å². The van der Waals surface area contributed by atoms with Crippen LogP contribution in [0.2, 0.25) is 0 Å². The van der Waals surface area contributed by atoms with Gasteiger partial charge in [0.15, 0.2) is 0 Å². The zero-order valence-electron chi connectivity index (χ0n) is 15.2. The molecule has 0 saturated carbocycles. The van der Waals surface area contributed by atoms with Crippen LogP contribution in [0, 0.1) is 5.92 Å². The number of hydrogen-bond donors (Lipinski definition) is 2. The maximum Gasteiger partial charge on any atom is 0.251 e. The van der Waals surface area contributed by atoms with Gasteiger partial charge in [0.25, 0.3) is 5.91 Å². The summed E-state index contributed by atoms with van der Waals surface area (Å²) < 4.78 is 0. The van der Waals surface area contributed by atoms with Gasteiger partial charge in [-0.2, -0.15) is 0 Å². The van der Waals surface area contributed by atoms with Crippen LogP contribution in [0.15, 0.2) is 43.0 Å². The van der Waals surface area contributed by atoms with E-state index < -0.39 is 6.04 Å². The molecule has 0 radical (unpaired) electrons. The molecule has 6 heteroatoms. The Bertz CT molecular complexity index is 637. The molecule has 1 heterocycles. The fourth-order valence-electron chi connectivity index (χ4n) is 3.20. The summed E-state index contributed by atoms with van der Waals surface area (Å²) in [6.07, 6.45) is 3.47. The molecule has 1 atom stereocenters. The minimum Gasteiger partial charge on any atom is -0.351 e. The van der Waals surface area contributed by atoms with Crippen LogP contribution in [0.4, 0.5) is 0 Å². The molecule has 1 fully saturated rings. The Morgan fingerprint density at radius 2 is 1.88 bits per heavy atom. The van der Waals surface area contributed by atoms with Crippen LogP contribution in [0.5, 0.6) is 0 Å². The summed E-state index contributed by atoms with van der Waals surface area (Å²) in [6.45, 7) is 7.03. The van der Waals surface area contributed by atoms with Gasteiger partial charge < -0.3 is 15.5 Å². The first-order chi connectivity index (χ1) is 12.6. The lowest BCUT2D eigenvalue weighted by molar-refractivity contribution is -0.132. The van der Waals surface area contributed by atoms with E-state index in [0.29, 0.717) is 44.5 Å². The summed E-state index contributed by atoms with van der Waals surface area (Å²) in [7, 11) is 0. The Kier molecular flexibility index (Phi) is 7.38. The first kappa shape index (κ1) is 19.7. The monoisotopic (exact) mass is 357 g/mol. The Labute approximate surface area is 154 Å². The van der Waals surface area contributed by atoms with E-state index in [4.69, 9.17) is 0 Å². The van der Waals surface area contributed by atoms with E-state index >= 15 is 0 Å². The first-order valence-corrected chi connectivity index (χ1v) is 9.09. The molecule has 1 aliphatic heterocycles. The molecule has 2 rings (SSSR count). The van der Waals surface area contributed by atoms with Gasteiger partial charge in [-0.3, -0.25) is 14.4 Å². The molecule has 140 valence electrons. The predicted molar refractivity (Wildman–Crippen MR) is 100 cm³/mol. The van der Waals surface area contributed by atoms with Crippen molar-refractivity contribution in [3.8, 4) is 0 Å². The number of nitrogens with one attached hydrogen (secondary N) is 2. The second kappa shape index (κ2) is 9.75. The SMILES string of the molecule is C=CCNC(=O)[C@@H](NC(=O)c1ccccc1)C1CCN(C(=O)CC)CC1. The normalized spacial score (nSPS) is 15.8. The summed E-state index contributed by atoms with van der Waals surface area (Å²) in [5, 5.41) is 5.66. The van der Waals surface area contributed by atoms with Gasteiger partial charge in [0, 0.05) is 31.6 Å². The molecule has 2 N–H and O–H groups in total. The second-order valence-corrected chi connectivity index (χ2v) is 6.42. The third-order valence-corrected chi connectivity index (χ3v) is 4.69. The molecule has 0 unspecified atom stereocenters. The van der Waals surface area contributed by atoms with E-state index in [9.17, 15) is 14.4 Å². The molecule has 0 spiro atoms. The van der Waals surface area contributed by atoms with E-state index in [1.54, 1.807) is 30.3 Å². The highest BCUT2D eigenvalue weighted by Crippen LogP contribution is 2.22. The third kappa shape index (κ3) is 5.18. The van der Waals surface area contributed by atoms with E-state index in [1.807, 2.05) is 17.9 Å². The van der Waals surface area contributed by atoms with Crippen LogP contribution >= 0.6 is 0 Å². The highest BCUT2D eigenvalue weighted by Gasteiger charge is 2.33. The van der Waals surface area contributed by atoms with Gasteiger partial charge in [0.2, 0.25) is 11.8 Å². The molecule has 0 aromatic heterocycles. The summed E-state index contributed by atoms with van der Waals surface area (Å²) >= 11 is 0. The standard InChI is InChI=1S/C20H27N3O3/c1-3-12-21-20(26)18(22-19(25)16-8-6-5-7-9-16)15-10-13-23(14-11-15)17(24)4-2/h3,5-9,15,18H,1,4,10-14H2,2H3,(H,21,26)(H,22,25)/t18-/m0/s1. The average Bonchev–Trinajstić information content (AvgIpc) is 2.70. The Balaban J connectivity index is 2.06. The number of nitrogens with zero attached hydrogens (tertiary/aromatic N) is 1. The topological polar surface area (TPSA) is 78.5 Å². The van der Waals surface area contributed by atoms with Crippen molar-refractivity contribution in [2.45, 2.75) is 32.2 Å². The number of likely N-dealkylation sites (tertiary alicyclic amines) is 1. The van der Waals surface area contributed by atoms with Crippen molar-refractivity contribution >= 4 is 17.7 Å². The van der Waals surface area contributed by atoms with Crippen molar-refractivity contribution in [3.05, 3.63) is 48.6 Å². The minimum atomic E-state index is -0.624. The quantitative estimate of drug-likeness (QED) is 0.730. The number of hydrogen-bond acceptors (Lipinski definition) is 3. The molecule has 0 aliphatic carbocycles. The molecule has 0 bridgehead atoms. The number of benzene rings is 1. The van der Waals surface area contributed by atoms with Gasteiger partial charge in [0.1, 0.15) is 6.04 Å². The molecule has 6 nitrogen and oxygen atoms in total. The Morgan fingerprint density at radius 3 is 2.46 bits per heavy atom. The number of rotatable bonds is 7. The van der Waals surface area contributed by atoms with Gasteiger partial charge in [-0.05, 0) is 30.9 Å². The lowest BCUT2D eigenvalue weighted by atomic mass is 9.88. The van der Waals surface area contributed by atoms with Crippen molar-refractivity contribution < 1.29 is 14.4 Å². The van der Waals surface area contributed by atoms with Crippen molar-refractivity contribution in [2.75, 3.05) is 19.6 Å². The Morgan fingerprint density at radius 1 is 1.23 bits per heavy atom. The smallest absolute Gasteiger partial charge is 0.251 e. The fourth-order valence-corrected chi connectivity index (χ4v) is 3.20. The highest BCUT2D eigenvalue weighted by atomic mass is 16.2. The average molecular weight is 357 g/mol. The molecule has 1 aromatic carbocycles. The second-order valence-electron chi connectivity index (χ2n) is 6.42. The molecular weight excluding hydrogens is 330 g/mol. The zero-order valence-corrected chi connectivity index (χ0v) is 15.2. The number of amides is 3. The van der Waals surface area contributed by atoms with E-state index in [1.165, 1.54) is 0 Å². The third-order valence-electron chi connectivity index (χ3n) is 4.69. The van der Waals surface area contributed by atoms with Crippen molar-refractivity contribution in [2.24, 2.45) is 5.92 Å². The van der Waals surface area contributed by atoms with Crippen LogP contribution in [0.1, 0.15) is 36.5 Å². The van der Waals surface area contributed by atoms with E-state index in [0.717, 1.165) is 0 Å². The van der Waals surface area contributed by atoms with Gasteiger partial charge >= 0.3 is 0 Å². The zero-order chi connectivity index (χ0) is 18.9. The van der Waals surface area contributed by atoms with Crippen LogP contribution in [0.3, 0.4) is 0 Å². The maximum atomic E-state index is 12.6. The van der Waals surface area contributed by atoms with Crippen LogP contribution in [-0.4, -0.2) is 48.3 Å². The molecule has 3 amide bonds.